The molecule has 10 heteroatoms. The Hall–Kier alpha value is -2.59. The lowest BCUT2D eigenvalue weighted by atomic mass is 9.72. The molecule has 2 aliphatic heterocycles. The summed E-state index contributed by atoms with van der Waals surface area (Å²) in [7, 11) is -1.38. The molecule has 1 saturated heterocycles. The molecule has 9 nitrogen and oxygen atoms in total. The zero-order chi connectivity index (χ0) is 18.8. The number of nitrogens with two attached hydrogens (primary N) is 1. The van der Waals surface area contributed by atoms with Gasteiger partial charge in [-0.05, 0) is 24.5 Å². The monoisotopic (exact) mass is 361 g/mol. The molecule has 1 aromatic carbocycles. The predicted octanol–water partition coefficient (Wildman–Crippen LogP) is -1.23. The van der Waals surface area contributed by atoms with Crippen molar-refractivity contribution in [2.24, 2.45) is 5.73 Å². The average molecular weight is 361 g/mol. The fraction of sp³-hybridized carbons (Fsp3) is 0.438. The van der Waals surface area contributed by atoms with Crippen molar-refractivity contribution in [2.75, 3.05) is 13.1 Å². The van der Waals surface area contributed by atoms with Crippen molar-refractivity contribution in [1.29, 1.82) is 0 Å². The fourth-order valence-electron chi connectivity index (χ4n) is 3.21. The highest BCUT2D eigenvalue weighted by atomic mass is 16.5. The molecule has 1 aromatic rings. The summed E-state index contributed by atoms with van der Waals surface area (Å²) in [6, 6.07) is 4.48. The van der Waals surface area contributed by atoms with E-state index in [0.29, 0.717) is 18.5 Å². The summed E-state index contributed by atoms with van der Waals surface area (Å²) < 4.78 is 5.33. The number of para-hydroxylation sites is 1. The molecule has 2 heterocycles. The smallest absolute Gasteiger partial charge is 0.534 e. The maximum absolute atomic E-state index is 12.2. The molecule has 2 atom stereocenters. The van der Waals surface area contributed by atoms with Gasteiger partial charge in [-0.15, -0.1) is 0 Å². The van der Waals surface area contributed by atoms with Gasteiger partial charge in [-0.2, -0.15) is 0 Å². The number of benzene rings is 1. The summed E-state index contributed by atoms with van der Waals surface area (Å²) in [4.78, 5) is 36.8. The van der Waals surface area contributed by atoms with Crippen LogP contribution in [0.25, 0.3) is 0 Å². The highest BCUT2D eigenvalue weighted by Gasteiger charge is 2.38. The van der Waals surface area contributed by atoms with E-state index in [9.17, 15) is 24.5 Å². The Balaban J connectivity index is 1.64. The van der Waals surface area contributed by atoms with Crippen molar-refractivity contribution >= 4 is 24.9 Å². The Labute approximate surface area is 150 Å². The minimum absolute atomic E-state index is 0.0402. The zero-order valence-electron chi connectivity index (χ0n) is 14.1. The van der Waals surface area contributed by atoms with Crippen molar-refractivity contribution in [2.45, 2.75) is 31.2 Å². The molecule has 0 aromatic heterocycles. The number of amides is 2. The van der Waals surface area contributed by atoms with E-state index in [1.807, 2.05) is 0 Å². The molecule has 0 bridgehead atoms. The number of carbonyl (C=O) groups excluding carboxylic acids is 2. The number of piperidine rings is 1. The van der Waals surface area contributed by atoms with Crippen LogP contribution in [0.1, 0.15) is 28.8 Å². The Morgan fingerprint density at radius 3 is 2.85 bits per heavy atom. The van der Waals surface area contributed by atoms with Crippen LogP contribution in [0.3, 0.4) is 0 Å². The minimum Gasteiger partial charge on any atom is -0.534 e. The van der Waals surface area contributed by atoms with Gasteiger partial charge in [-0.1, -0.05) is 12.1 Å². The molecule has 1 fully saturated rings. The molecule has 0 saturated carbocycles. The van der Waals surface area contributed by atoms with Crippen LogP contribution in [0.2, 0.25) is 0 Å². The van der Waals surface area contributed by atoms with Crippen molar-refractivity contribution < 1.29 is 29.2 Å². The number of hydrogen-bond donors (Lipinski definition) is 4. The van der Waals surface area contributed by atoms with Crippen molar-refractivity contribution in [3.8, 4) is 5.75 Å². The largest absolute Gasteiger partial charge is 0.547 e. The number of nitrogens with zero attached hydrogens (tertiary/aromatic N) is 1. The molecule has 2 aliphatic rings. The van der Waals surface area contributed by atoms with Crippen molar-refractivity contribution in [3.63, 3.8) is 0 Å². The number of fused-ring (bicyclic) bond motifs is 1. The Morgan fingerprint density at radius 2 is 2.15 bits per heavy atom. The van der Waals surface area contributed by atoms with Gasteiger partial charge in [0.2, 0.25) is 11.8 Å². The van der Waals surface area contributed by atoms with E-state index in [4.69, 9.17) is 10.4 Å². The van der Waals surface area contributed by atoms with E-state index in [2.05, 4.69) is 5.32 Å². The van der Waals surface area contributed by atoms with Gasteiger partial charge in [0.25, 0.3) is 0 Å². The lowest BCUT2D eigenvalue weighted by Gasteiger charge is -2.31. The number of carboxylic acid groups (broad SMARTS) is 1. The molecule has 5 N–H and O–H groups in total. The van der Waals surface area contributed by atoms with Crippen molar-refractivity contribution in [3.05, 3.63) is 29.3 Å². The summed E-state index contributed by atoms with van der Waals surface area (Å²) in [6.45, 7) is 0.304. The van der Waals surface area contributed by atoms with E-state index < -0.39 is 24.9 Å². The second kappa shape index (κ2) is 7.34. The number of rotatable bonds is 4. The van der Waals surface area contributed by atoms with Gasteiger partial charge in [0, 0.05) is 19.0 Å². The van der Waals surface area contributed by atoms with Crippen LogP contribution in [0.5, 0.6) is 5.75 Å². The highest BCUT2D eigenvalue weighted by molar-refractivity contribution is 6.47. The molecule has 0 radical (unpaired) electrons. The third kappa shape index (κ3) is 3.81. The van der Waals surface area contributed by atoms with Crippen LogP contribution in [0.15, 0.2) is 18.2 Å². The highest BCUT2D eigenvalue weighted by Crippen LogP contribution is 2.30. The maximum Gasteiger partial charge on any atom is 0.547 e. The summed E-state index contributed by atoms with van der Waals surface area (Å²) in [5.41, 5.74) is 6.27. The third-order valence-corrected chi connectivity index (χ3v) is 4.59. The normalized spacial score (nSPS) is 22.5. The maximum atomic E-state index is 12.2. The number of likely N-dealkylation sites (tertiary alicyclic amines) is 1. The molecule has 1 unspecified atom stereocenters. The summed E-state index contributed by atoms with van der Waals surface area (Å²) >= 11 is 0. The SMILES string of the molecule is NC1CCN(CC(=O)N[C@H]2Cc3cccc(C(=O)O)c3OB2O)C(=O)C1. The van der Waals surface area contributed by atoms with Gasteiger partial charge in [0.1, 0.15) is 5.75 Å². The fourth-order valence-corrected chi connectivity index (χ4v) is 3.21. The topological polar surface area (TPSA) is 142 Å². The van der Waals surface area contributed by atoms with Crippen LogP contribution in [0.4, 0.5) is 0 Å². The lowest BCUT2D eigenvalue weighted by Crippen LogP contribution is -2.56. The molecule has 26 heavy (non-hydrogen) atoms. The van der Waals surface area contributed by atoms with Crippen LogP contribution in [-0.4, -0.2) is 65.0 Å². The first-order chi connectivity index (χ1) is 12.3. The standard InChI is InChI=1S/C16H20BN3O6/c18-10-4-5-20(14(22)7-10)8-13(21)19-12-6-9-2-1-3-11(16(23)24)15(9)26-17(12)25/h1-3,10,12,25H,4-8,18H2,(H,19,21)(H,23,24)/t10?,12-/m0/s1. The number of carboxylic acids is 1. The Bertz CT molecular complexity index is 743. The molecule has 0 aliphatic carbocycles. The molecule has 138 valence electrons. The summed E-state index contributed by atoms with van der Waals surface area (Å²) in [6.07, 6.45) is 1.08. The summed E-state index contributed by atoms with van der Waals surface area (Å²) in [5, 5.41) is 22.0. The summed E-state index contributed by atoms with van der Waals surface area (Å²) in [5.74, 6) is -2.37. The molecular weight excluding hydrogens is 341 g/mol. The van der Waals surface area contributed by atoms with Gasteiger partial charge in [-0.3, -0.25) is 9.59 Å². The molecule has 0 spiro atoms. The molecule has 3 rings (SSSR count). The van der Waals surface area contributed by atoms with Gasteiger partial charge in [0.15, 0.2) is 0 Å². The van der Waals surface area contributed by atoms with Gasteiger partial charge < -0.3 is 30.7 Å². The number of aromatic carboxylic acids is 1. The quantitative estimate of drug-likeness (QED) is 0.492. The first-order valence-electron chi connectivity index (χ1n) is 8.37. The second-order valence-corrected chi connectivity index (χ2v) is 6.55. The Kier molecular flexibility index (Phi) is 5.14. The van der Waals surface area contributed by atoms with E-state index >= 15 is 0 Å². The number of nitrogens with one attached hydrogen (secondary N) is 1. The molecule has 2 amide bonds. The first kappa shape index (κ1) is 18.2. The predicted molar refractivity (Wildman–Crippen MR) is 91.4 cm³/mol. The zero-order valence-corrected chi connectivity index (χ0v) is 14.1. The van der Waals surface area contributed by atoms with Crippen molar-refractivity contribution in [1.82, 2.24) is 10.2 Å². The number of carbonyl (C=O) groups is 3. The minimum atomic E-state index is -1.38. The van der Waals surface area contributed by atoms with Crippen LogP contribution < -0.4 is 15.7 Å². The van der Waals surface area contributed by atoms with Gasteiger partial charge in [-0.25, -0.2) is 4.79 Å². The third-order valence-electron chi connectivity index (χ3n) is 4.59. The van der Waals surface area contributed by atoms with Crippen LogP contribution in [0, 0.1) is 0 Å². The molecular formula is C16H20BN3O6. The van der Waals surface area contributed by atoms with Gasteiger partial charge >= 0.3 is 13.1 Å². The van der Waals surface area contributed by atoms with Crippen LogP contribution >= 0.6 is 0 Å². The van der Waals surface area contributed by atoms with Gasteiger partial charge in [0.05, 0.1) is 18.0 Å². The Morgan fingerprint density at radius 1 is 1.38 bits per heavy atom. The van der Waals surface area contributed by atoms with E-state index in [1.165, 1.54) is 11.0 Å². The van der Waals surface area contributed by atoms with Crippen LogP contribution in [-0.2, 0) is 16.0 Å². The second-order valence-electron chi connectivity index (χ2n) is 6.55. The van der Waals surface area contributed by atoms with E-state index in [1.54, 1.807) is 12.1 Å². The van der Waals surface area contributed by atoms with E-state index in [-0.39, 0.29) is 42.6 Å². The number of hydrogen-bond acceptors (Lipinski definition) is 6. The van der Waals surface area contributed by atoms with E-state index in [0.717, 1.165) is 0 Å². The average Bonchev–Trinajstić information content (AvgIpc) is 2.57. The first-order valence-corrected chi connectivity index (χ1v) is 8.37. The lowest BCUT2D eigenvalue weighted by molar-refractivity contribution is -0.138.